The van der Waals surface area contributed by atoms with Crippen LogP contribution in [0.25, 0.3) is 22.3 Å². The normalized spacial score (nSPS) is 10.7. The lowest BCUT2D eigenvalue weighted by molar-refractivity contribution is 0.0964. The summed E-state index contributed by atoms with van der Waals surface area (Å²) in [6.45, 7) is 2.00. The minimum atomic E-state index is -0.131. The lowest BCUT2D eigenvalue weighted by Gasteiger charge is -2.02. The molecular formula is C17H15NO2. The standard InChI is InChI=1S/C17H15NO2/c1-11-8-9-14-13(10-11)15(17(19)18-2)16(20-14)12-6-4-3-5-7-12/h3-10H,1-2H3,(H,18,19). The molecule has 0 spiro atoms. The van der Waals surface area contributed by atoms with Crippen LogP contribution < -0.4 is 5.32 Å². The van der Waals surface area contributed by atoms with Crippen molar-refractivity contribution < 1.29 is 9.21 Å². The molecule has 100 valence electrons. The predicted octanol–water partition coefficient (Wildman–Crippen LogP) is 3.77. The first kappa shape index (κ1) is 12.5. The molecule has 0 unspecified atom stereocenters. The van der Waals surface area contributed by atoms with E-state index in [0.29, 0.717) is 11.3 Å². The predicted molar refractivity (Wildman–Crippen MR) is 79.8 cm³/mol. The average Bonchev–Trinajstić information content (AvgIpc) is 2.86. The Kier molecular flexibility index (Phi) is 3.03. The molecule has 1 heterocycles. The summed E-state index contributed by atoms with van der Waals surface area (Å²) in [7, 11) is 1.63. The number of amides is 1. The zero-order chi connectivity index (χ0) is 14.1. The minimum absolute atomic E-state index is 0.131. The molecule has 0 radical (unpaired) electrons. The van der Waals surface area contributed by atoms with Crippen molar-refractivity contribution in [3.05, 3.63) is 59.7 Å². The maximum Gasteiger partial charge on any atom is 0.255 e. The maximum atomic E-state index is 12.2. The minimum Gasteiger partial charge on any atom is -0.455 e. The number of carbonyl (C=O) groups excluding carboxylic acids is 1. The van der Waals surface area contributed by atoms with E-state index in [9.17, 15) is 4.79 Å². The quantitative estimate of drug-likeness (QED) is 0.766. The molecule has 1 amide bonds. The molecule has 0 aliphatic rings. The van der Waals surface area contributed by atoms with Crippen molar-refractivity contribution in [2.75, 3.05) is 7.05 Å². The maximum absolute atomic E-state index is 12.2. The van der Waals surface area contributed by atoms with E-state index in [0.717, 1.165) is 22.1 Å². The van der Waals surface area contributed by atoms with Crippen LogP contribution in [0.2, 0.25) is 0 Å². The largest absolute Gasteiger partial charge is 0.455 e. The van der Waals surface area contributed by atoms with Crippen LogP contribution in [0.15, 0.2) is 52.9 Å². The molecule has 0 bridgehead atoms. The summed E-state index contributed by atoms with van der Waals surface area (Å²) in [5, 5.41) is 3.54. The summed E-state index contributed by atoms with van der Waals surface area (Å²) in [5.41, 5.74) is 3.33. The number of hydrogen-bond donors (Lipinski definition) is 1. The molecule has 3 heteroatoms. The fraction of sp³-hybridized carbons (Fsp3) is 0.118. The highest BCUT2D eigenvalue weighted by Gasteiger charge is 2.21. The Bertz CT molecular complexity index is 772. The number of furan rings is 1. The average molecular weight is 265 g/mol. The molecule has 3 nitrogen and oxygen atoms in total. The van der Waals surface area contributed by atoms with Crippen molar-refractivity contribution in [3.8, 4) is 11.3 Å². The third-order valence-electron chi connectivity index (χ3n) is 3.33. The molecule has 1 aromatic heterocycles. The number of aryl methyl sites for hydroxylation is 1. The molecule has 0 saturated heterocycles. The number of rotatable bonds is 2. The van der Waals surface area contributed by atoms with Crippen LogP contribution in [0, 0.1) is 6.92 Å². The number of fused-ring (bicyclic) bond motifs is 1. The van der Waals surface area contributed by atoms with Gasteiger partial charge >= 0.3 is 0 Å². The van der Waals surface area contributed by atoms with E-state index < -0.39 is 0 Å². The Morgan fingerprint density at radius 3 is 2.55 bits per heavy atom. The van der Waals surface area contributed by atoms with Crippen molar-refractivity contribution in [3.63, 3.8) is 0 Å². The first-order valence-corrected chi connectivity index (χ1v) is 6.51. The first-order chi connectivity index (χ1) is 9.70. The van der Waals surface area contributed by atoms with Crippen molar-refractivity contribution in [1.82, 2.24) is 5.32 Å². The van der Waals surface area contributed by atoms with Crippen LogP contribution in [0.5, 0.6) is 0 Å². The highest BCUT2D eigenvalue weighted by molar-refractivity contribution is 6.11. The van der Waals surface area contributed by atoms with Crippen molar-refractivity contribution >= 4 is 16.9 Å². The molecule has 0 aliphatic carbocycles. The van der Waals surface area contributed by atoms with Crippen LogP contribution in [0.3, 0.4) is 0 Å². The van der Waals surface area contributed by atoms with Gasteiger partial charge in [-0.2, -0.15) is 0 Å². The van der Waals surface area contributed by atoms with E-state index in [1.807, 2.05) is 55.5 Å². The van der Waals surface area contributed by atoms with E-state index in [1.165, 1.54) is 0 Å². The van der Waals surface area contributed by atoms with Crippen LogP contribution in [0.4, 0.5) is 0 Å². The summed E-state index contributed by atoms with van der Waals surface area (Å²) < 4.78 is 5.90. The summed E-state index contributed by atoms with van der Waals surface area (Å²) in [6, 6.07) is 15.6. The van der Waals surface area contributed by atoms with Crippen molar-refractivity contribution in [2.45, 2.75) is 6.92 Å². The second-order valence-electron chi connectivity index (χ2n) is 4.75. The van der Waals surface area contributed by atoms with Gasteiger partial charge in [0.25, 0.3) is 5.91 Å². The Hall–Kier alpha value is -2.55. The molecule has 1 N–H and O–H groups in total. The molecular weight excluding hydrogens is 250 g/mol. The topological polar surface area (TPSA) is 42.2 Å². The zero-order valence-electron chi connectivity index (χ0n) is 11.4. The molecule has 0 atom stereocenters. The third kappa shape index (κ3) is 1.97. The van der Waals surface area contributed by atoms with Gasteiger partial charge < -0.3 is 9.73 Å². The van der Waals surface area contributed by atoms with Crippen molar-refractivity contribution in [2.24, 2.45) is 0 Å². The van der Waals surface area contributed by atoms with Crippen LogP contribution in [-0.4, -0.2) is 13.0 Å². The number of hydrogen-bond acceptors (Lipinski definition) is 2. The number of benzene rings is 2. The van der Waals surface area contributed by atoms with Crippen LogP contribution in [0.1, 0.15) is 15.9 Å². The molecule has 20 heavy (non-hydrogen) atoms. The highest BCUT2D eigenvalue weighted by atomic mass is 16.3. The van der Waals surface area contributed by atoms with Gasteiger partial charge in [-0.05, 0) is 19.1 Å². The smallest absolute Gasteiger partial charge is 0.255 e. The van der Waals surface area contributed by atoms with Crippen LogP contribution in [-0.2, 0) is 0 Å². The molecule has 3 aromatic rings. The summed E-state index contributed by atoms with van der Waals surface area (Å²) >= 11 is 0. The molecule has 3 rings (SSSR count). The third-order valence-corrected chi connectivity index (χ3v) is 3.33. The molecule has 0 fully saturated rings. The summed E-state index contributed by atoms with van der Waals surface area (Å²) in [5.74, 6) is 0.485. The Balaban J connectivity index is 2.34. The lowest BCUT2D eigenvalue weighted by Crippen LogP contribution is -2.18. The van der Waals surface area contributed by atoms with E-state index in [2.05, 4.69) is 5.32 Å². The van der Waals surface area contributed by atoms with Gasteiger partial charge in [0, 0.05) is 18.0 Å². The highest BCUT2D eigenvalue weighted by Crippen LogP contribution is 2.33. The van der Waals surface area contributed by atoms with E-state index >= 15 is 0 Å². The second-order valence-corrected chi connectivity index (χ2v) is 4.75. The van der Waals surface area contributed by atoms with E-state index in [-0.39, 0.29) is 5.91 Å². The van der Waals surface area contributed by atoms with Gasteiger partial charge in [0.05, 0.1) is 5.56 Å². The molecule has 2 aromatic carbocycles. The first-order valence-electron chi connectivity index (χ1n) is 6.51. The van der Waals surface area contributed by atoms with Gasteiger partial charge in [-0.15, -0.1) is 0 Å². The van der Waals surface area contributed by atoms with Gasteiger partial charge in [-0.1, -0.05) is 42.0 Å². The fourth-order valence-corrected chi connectivity index (χ4v) is 2.35. The van der Waals surface area contributed by atoms with Crippen LogP contribution >= 0.6 is 0 Å². The number of nitrogens with one attached hydrogen (secondary N) is 1. The fourth-order valence-electron chi connectivity index (χ4n) is 2.35. The Morgan fingerprint density at radius 1 is 1.10 bits per heavy atom. The SMILES string of the molecule is CNC(=O)c1c(-c2ccccc2)oc2ccc(C)cc12. The van der Waals surface area contributed by atoms with Gasteiger partial charge in [-0.3, -0.25) is 4.79 Å². The second kappa shape index (κ2) is 4.85. The number of carbonyl (C=O) groups is 1. The van der Waals surface area contributed by atoms with Gasteiger partial charge in [0.15, 0.2) is 0 Å². The lowest BCUT2D eigenvalue weighted by atomic mass is 10.0. The summed E-state index contributed by atoms with van der Waals surface area (Å²) in [4.78, 5) is 12.2. The molecule has 0 aliphatic heterocycles. The Labute approximate surface area is 117 Å². The van der Waals surface area contributed by atoms with E-state index in [1.54, 1.807) is 7.05 Å². The summed E-state index contributed by atoms with van der Waals surface area (Å²) in [6.07, 6.45) is 0. The van der Waals surface area contributed by atoms with Crippen molar-refractivity contribution in [1.29, 1.82) is 0 Å². The van der Waals surface area contributed by atoms with Gasteiger partial charge in [0.1, 0.15) is 11.3 Å². The zero-order valence-corrected chi connectivity index (χ0v) is 11.4. The van der Waals surface area contributed by atoms with Gasteiger partial charge in [-0.25, -0.2) is 0 Å². The van der Waals surface area contributed by atoms with Gasteiger partial charge in [0.2, 0.25) is 0 Å². The monoisotopic (exact) mass is 265 g/mol. The Morgan fingerprint density at radius 2 is 1.85 bits per heavy atom. The van der Waals surface area contributed by atoms with E-state index in [4.69, 9.17) is 4.42 Å². The molecule has 0 saturated carbocycles.